The molecule has 0 atom stereocenters. The van der Waals surface area contributed by atoms with Gasteiger partial charge in [-0.3, -0.25) is 14.7 Å². The first-order valence-corrected chi connectivity index (χ1v) is 9.20. The molecule has 27 heavy (non-hydrogen) atoms. The second kappa shape index (κ2) is 8.77. The van der Waals surface area contributed by atoms with Gasteiger partial charge in [0, 0.05) is 12.1 Å². The number of aromatic amines is 1. The maximum Gasteiger partial charge on any atom is 0.274 e. The van der Waals surface area contributed by atoms with Gasteiger partial charge in [-0.15, -0.1) is 10.2 Å². The summed E-state index contributed by atoms with van der Waals surface area (Å²) in [4.78, 5) is 16.6. The number of nitrogens with one attached hydrogen (secondary N) is 2. The van der Waals surface area contributed by atoms with Crippen LogP contribution in [0.4, 0.5) is 5.95 Å². The average Bonchev–Trinajstić information content (AvgIpc) is 2.69. The molecule has 8 nitrogen and oxygen atoms in total. The van der Waals surface area contributed by atoms with Crippen molar-refractivity contribution < 1.29 is 4.74 Å². The highest BCUT2D eigenvalue weighted by Gasteiger charge is 2.14. The lowest BCUT2D eigenvalue weighted by atomic mass is 10.0. The molecule has 2 aromatic rings. The number of aromatic nitrogens is 3. The van der Waals surface area contributed by atoms with E-state index in [4.69, 9.17) is 4.74 Å². The van der Waals surface area contributed by atoms with Gasteiger partial charge in [-0.25, -0.2) is 5.43 Å². The molecule has 144 valence electrons. The van der Waals surface area contributed by atoms with Crippen molar-refractivity contribution >= 4 is 11.7 Å². The van der Waals surface area contributed by atoms with E-state index >= 15 is 0 Å². The Morgan fingerprint density at radius 2 is 2.07 bits per heavy atom. The third kappa shape index (κ3) is 4.91. The molecule has 0 radical (unpaired) electrons. The third-order valence-electron chi connectivity index (χ3n) is 4.73. The second-order valence-electron chi connectivity index (χ2n) is 6.76. The van der Waals surface area contributed by atoms with E-state index in [1.165, 1.54) is 19.3 Å². The fourth-order valence-corrected chi connectivity index (χ4v) is 3.13. The maximum atomic E-state index is 11.6. The predicted molar refractivity (Wildman–Crippen MR) is 105 cm³/mol. The Bertz CT molecular complexity index is 871. The predicted octanol–water partition coefficient (Wildman–Crippen LogP) is 2.30. The van der Waals surface area contributed by atoms with Gasteiger partial charge < -0.3 is 4.74 Å². The van der Waals surface area contributed by atoms with Gasteiger partial charge in [0.2, 0.25) is 5.95 Å². The number of rotatable bonds is 6. The van der Waals surface area contributed by atoms with Crippen molar-refractivity contribution in [2.24, 2.45) is 5.10 Å². The van der Waals surface area contributed by atoms with Crippen molar-refractivity contribution in [2.45, 2.75) is 39.7 Å². The molecule has 1 saturated heterocycles. The number of aryl methyl sites for hydroxylation is 1. The zero-order chi connectivity index (χ0) is 19.2. The minimum absolute atomic E-state index is 0.215. The Balaban J connectivity index is 1.76. The van der Waals surface area contributed by atoms with E-state index < -0.39 is 0 Å². The first-order chi connectivity index (χ1) is 13.1. The molecular formula is C19H26N6O2. The first kappa shape index (κ1) is 19.0. The van der Waals surface area contributed by atoms with Crippen molar-refractivity contribution in [2.75, 3.05) is 25.6 Å². The molecule has 1 fully saturated rings. The Labute approximate surface area is 158 Å². The molecule has 1 aliphatic heterocycles. The molecule has 0 bridgehead atoms. The van der Waals surface area contributed by atoms with Gasteiger partial charge in [-0.1, -0.05) is 6.42 Å². The van der Waals surface area contributed by atoms with Crippen LogP contribution in [0.1, 0.15) is 43.0 Å². The van der Waals surface area contributed by atoms with Crippen LogP contribution < -0.4 is 15.7 Å². The van der Waals surface area contributed by atoms with E-state index in [1.807, 2.05) is 19.1 Å². The molecular weight excluding hydrogens is 344 g/mol. The summed E-state index contributed by atoms with van der Waals surface area (Å²) in [6.45, 7) is 6.63. The minimum Gasteiger partial charge on any atom is -0.496 e. The molecule has 0 amide bonds. The Morgan fingerprint density at radius 1 is 1.30 bits per heavy atom. The summed E-state index contributed by atoms with van der Waals surface area (Å²) in [5.41, 5.74) is 5.70. The van der Waals surface area contributed by atoms with E-state index in [0.717, 1.165) is 42.2 Å². The molecule has 2 heterocycles. The van der Waals surface area contributed by atoms with Gasteiger partial charge in [0.15, 0.2) is 0 Å². The number of hydrogen-bond donors (Lipinski definition) is 2. The molecule has 1 aliphatic rings. The highest BCUT2D eigenvalue weighted by molar-refractivity contribution is 5.99. The number of H-pyrrole nitrogens is 1. The summed E-state index contributed by atoms with van der Waals surface area (Å²) in [7, 11) is 1.70. The first-order valence-electron chi connectivity index (χ1n) is 9.20. The number of ether oxygens (including phenoxy) is 1. The molecule has 3 rings (SSSR count). The van der Waals surface area contributed by atoms with Crippen LogP contribution in [0.3, 0.4) is 0 Å². The Kier molecular flexibility index (Phi) is 6.18. The highest BCUT2D eigenvalue weighted by atomic mass is 16.5. The number of likely N-dealkylation sites (tertiary alicyclic amines) is 1. The number of methoxy groups -OCH3 is 1. The fraction of sp³-hybridized carbons (Fsp3) is 0.474. The zero-order valence-electron chi connectivity index (χ0n) is 16.1. The number of hydrogen-bond acceptors (Lipinski definition) is 7. The number of piperidine rings is 1. The average molecular weight is 370 g/mol. The van der Waals surface area contributed by atoms with Crippen molar-refractivity contribution in [3.05, 3.63) is 45.4 Å². The summed E-state index contributed by atoms with van der Waals surface area (Å²) < 4.78 is 5.54. The lowest BCUT2D eigenvalue weighted by Crippen LogP contribution is -2.29. The Morgan fingerprint density at radius 3 is 2.78 bits per heavy atom. The standard InChI is InChI=1S/C19H26N6O2/c1-13(21-23-19-20-18(26)14(2)22-24-19)15-7-8-17(27-3)16(11-15)12-25-9-5-4-6-10-25/h7-8,11H,4-6,9-10,12H2,1-3H3,(H2,20,23,24,26)/b21-13-. The van der Waals surface area contributed by atoms with Gasteiger partial charge in [-0.05, 0) is 63.5 Å². The van der Waals surface area contributed by atoms with E-state index in [2.05, 4.69) is 36.7 Å². The topological polar surface area (TPSA) is 95.5 Å². The minimum atomic E-state index is -0.284. The summed E-state index contributed by atoms with van der Waals surface area (Å²) in [5.74, 6) is 1.10. The van der Waals surface area contributed by atoms with Gasteiger partial charge in [0.25, 0.3) is 5.56 Å². The summed E-state index contributed by atoms with van der Waals surface area (Å²) in [6, 6.07) is 6.06. The smallest absolute Gasteiger partial charge is 0.274 e. The molecule has 1 aromatic heterocycles. The summed E-state index contributed by atoms with van der Waals surface area (Å²) in [5, 5.41) is 12.0. The number of hydrazone groups is 1. The zero-order valence-corrected chi connectivity index (χ0v) is 16.1. The monoisotopic (exact) mass is 370 g/mol. The molecule has 8 heteroatoms. The third-order valence-corrected chi connectivity index (χ3v) is 4.73. The summed E-state index contributed by atoms with van der Waals surface area (Å²) >= 11 is 0. The van der Waals surface area contributed by atoms with Gasteiger partial charge in [0.1, 0.15) is 11.4 Å². The van der Waals surface area contributed by atoms with E-state index in [0.29, 0.717) is 5.69 Å². The molecule has 2 N–H and O–H groups in total. The van der Waals surface area contributed by atoms with Crippen LogP contribution in [0.5, 0.6) is 5.75 Å². The number of benzene rings is 1. The van der Waals surface area contributed by atoms with Crippen molar-refractivity contribution in [3.8, 4) is 5.75 Å². The van der Waals surface area contributed by atoms with Gasteiger partial charge in [-0.2, -0.15) is 5.10 Å². The molecule has 0 saturated carbocycles. The summed E-state index contributed by atoms with van der Waals surface area (Å²) in [6.07, 6.45) is 3.82. The van der Waals surface area contributed by atoms with Crippen LogP contribution in [-0.2, 0) is 6.54 Å². The highest BCUT2D eigenvalue weighted by Crippen LogP contribution is 2.23. The lowest BCUT2D eigenvalue weighted by molar-refractivity contribution is 0.218. The molecule has 0 aliphatic carbocycles. The van der Waals surface area contributed by atoms with Crippen LogP contribution in [0.15, 0.2) is 28.1 Å². The van der Waals surface area contributed by atoms with Gasteiger partial charge in [0.05, 0.1) is 12.8 Å². The van der Waals surface area contributed by atoms with Gasteiger partial charge >= 0.3 is 0 Å². The quantitative estimate of drug-likeness (QED) is 0.598. The van der Waals surface area contributed by atoms with Crippen LogP contribution in [0.25, 0.3) is 0 Å². The van der Waals surface area contributed by atoms with Crippen LogP contribution in [-0.4, -0.2) is 46.0 Å². The van der Waals surface area contributed by atoms with Crippen molar-refractivity contribution in [3.63, 3.8) is 0 Å². The normalized spacial score (nSPS) is 15.6. The van der Waals surface area contributed by atoms with Crippen molar-refractivity contribution in [1.29, 1.82) is 0 Å². The SMILES string of the molecule is COc1ccc(/C(C)=N\Nc2nnc(C)c(=O)[nH]2)cc1CN1CCCCC1. The molecule has 0 spiro atoms. The van der Waals surface area contributed by atoms with Crippen LogP contribution in [0.2, 0.25) is 0 Å². The second-order valence-corrected chi connectivity index (χ2v) is 6.76. The lowest BCUT2D eigenvalue weighted by Gasteiger charge is -2.27. The van der Waals surface area contributed by atoms with E-state index in [-0.39, 0.29) is 11.5 Å². The van der Waals surface area contributed by atoms with E-state index in [9.17, 15) is 4.79 Å². The van der Waals surface area contributed by atoms with E-state index in [1.54, 1.807) is 14.0 Å². The maximum absolute atomic E-state index is 11.6. The Hall–Kier alpha value is -2.74. The molecule has 1 aromatic carbocycles. The van der Waals surface area contributed by atoms with Crippen LogP contribution in [0, 0.1) is 6.92 Å². The largest absolute Gasteiger partial charge is 0.496 e. The van der Waals surface area contributed by atoms with Crippen LogP contribution >= 0.6 is 0 Å². The fourth-order valence-electron chi connectivity index (χ4n) is 3.13. The number of nitrogens with zero attached hydrogens (tertiary/aromatic N) is 4. The molecule has 0 unspecified atom stereocenters. The van der Waals surface area contributed by atoms with Crippen molar-refractivity contribution in [1.82, 2.24) is 20.1 Å². The number of anilines is 1.